The largest absolute Gasteiger partial charge is 0.481 e. The molecule has 3 aromatic rings. The zero-order valence-electron chi connectivity index (χ0n) is 14.5. The number of hydrogen-bond acceptors (Lipinski definition) is 3. The van der Waals surface area contributed by atoms with Crippen LogP contribution in [-0.2, 0) is 9.59 Å². The third-order valence-electron chi connectivity index (χ3n) is 4.03. The predicted octanol–water partition coefficient (Wildman–Crippen LogP) is 4.29. The number of carboxylic acid groups (broad SMARTS) is 1. The van der Waals surface area contributed by atoms with Crippen LogP contribution in [0.3, 0.4) is 0 Å². The highest BCUT2D eigenvalue weighted by Crippen LogP contribution is 2.20. The molecule has 1 unspecified atom stereocenters. The lowest BCUT2D eigenvalue weighted by Gasteiger charge is -2.13. The van der Waals surface area contributed by atoms with Crippen LogP contribution in [0.4, 0.5) is 0 Å². The lowest BCUT2D eigenvalue weighted by Crippen LogP contribution is -2.28. The first-order valence-electron chi connectivity index (χ1n) is 8.51. The van der Waals surface area contributed by atoms with Crippen molar-refractivity contribution in [3.63, 3.8) is 0 Å². The Labute approximate surface area is 157 Å². The minimum absolute atomic E-state index is 0.251. The molecule has 2 aromatic carbocycles. The molecule has 1 heterocycles. The van der Waals surface area contributed by atoms with Gasteiger partial charge in [-0.25, -0.2) is 0 Å². The van der Waals surface area contributed by atoms with E-state index in [4.69, 9.17) is 9.52 Å². The van der Waals surface area contributed by atoms with E-state index in [1.807, 2.05) is 54.6 Å². The fourth-order valence-electron chi connectivity index (χ4n) is 2.70. The van der Waals surface area contributed by atoms with Gasteiger partial charge in [0.05, 0.1) is 18.7 Å². The number of carbonyl (C=O) groups is 2. The molecular weight excluding hydrogens is 342 g/mol. The Morgan fingerprint density at radius 1 is 0.963 bits per heavy atom. The minimum atomic E-state index is -1.02. The molecule has 1 atom stereocenters. The van der Waals surface area contributed by atoms with E-state index < -0.39 is 12.0 Å². The summed E-state index contributed by atoms with van der Waals surface area (Å²) in [5.74, 6) is -0.992. The van der Waals surface area contributed by atoms with Gasteiger partial charge in [-0.1, -0.05) is 54.6 Å². The van der Waals surface area contributed by atoms with Crippen molar-refractivity contribution in [2.24, 2.45) is 0 Å². The Morgan fingerprint density at radius 2 is 1.67 bits per heavy atom. The summed E-state index contributed by atoms with van der Waals surface area (Å²) in [6.07, 6.45) is 4.26. The highest BCUT2D eigenvalue weighted by molar-refractivity contribution is 5.92. The molecule has 0 fully saturated rings. The molecule has 136 valence electrons. The first-order chi connectivity index (χ1) is 13.1. The molecule has 0 aliphatic rings. The van der Waals surface area contributed by atoms with E-state index in [2.05, 4.69) is 5.32 Å². The predicted molar refractivity (Wildman–Crippen MR) is 103 cm³/mol. The summed E-state index contributed by atoms with van der Waals surface area (Å²) in [4.78, 5) is 23.2. The molecule has 3 rings (SSSR count). The van der Waals surface area contributed by atoms with Crippen LogP contribution in [0, 0.1) is 0 Å². The Bertz CT molecular complexity index is 913. The van der Waals surface area contributed by atoms with Gasteiger partial charge in [0.15, 0.2) is 0 Å². The Morgan fingerprint density at radius 3 is 2.30 bits per heavy atom. The van der Waals surface area contributed by atoms with Crippen LogP contribution in [0.5, 0.6) is 0 Å². The number of carbonyl (C=O) groups excluding carboxylic acids is 1. The lowest BCUT2D eigenvalue weighted by atomic mass is 10.0. The second-order valence-electron chi connectivity index (χ2n) is 6.00. The van der Waals surface area contributed by atoms with Crippen LogP contribution in [0.2, 0.25) is 0 Å². The van der Waals surface area contributed by atoms with Gasteiger partial charge in [-0.15, -0.1) is 0 Å². The van der Waals surface area contributed by atoms with Crippen LogP contribution < -0.4 is 5.32 Å². The van der Waals surface area contributed by atoms with Gasteiger partial charge in [-0.3, -0.25) is 9.59 Å². The van der Waals surface area contributed by atoms with Crippen LogP contribution in [0.25, 0.3) is 17.2 Å². The fourth-order valence-corrected chi connectivity index (χ4v) is 2.70. The summed E-state index contributed by atoms with van der Waals surface area (Å²) < 4.78 is 5.21. The van der Waals surface area contributed by atoms with Crippen molar-refractivity contribution in [3.8, 4) is 11.1 Å². The van der Waals surface area contributed by atoms with Gasteiger partial charge >= 0.3 is 5.97 Å². The maximum absolute atomic E-state index is 12.2. The molecule has 27 heavy (non-hydrogen) atoms. The molecular formula is C22H19NO4. The zero-order chi connectivity index (χ0) is 19.1. The van der Waals surface area contributed by atoms with E-state index in [1.165, 1.54) is 12.3 Å². The number of aliphatic carboxylic acids is 1. The highest BCUT2D eigenvalue weighted by atomic mass is 16.4. The number of nitrogens with one attached hydrogen (secondary N) is 1. The average molecular weight is 361 g/mol. The monoisotopic (exact) mass is 361 g/mol. The van der Waals surface area contributed by atoms with E-state index >= 15 is 0 Å². The molecule has 5 nitrogen and oxygen atoms in total. The van der Waals surface area contributed by atoms with Crippen molar-refractivity contribution in [2.45, 2.75) is 12.5 Å². The topological polar surface area (TPSA) is 79.5 Å². The molecule has 0 spiro atoms. The first-order valence-corrected chi connectivity index (χ1v) is 8.51. The Kier molecular flexibility index (Phi) is 5.84. The number of rotatable bonds is 7. The lowest BCUT2D eigenvalue weighted by molar-refractivity contribution is -0.137. The summed E-state index contributed by atoms with van der Waals surface area (Å²) >= 11 is 0. The zero-order valence-corrected chi connectivity index (χ0v) is 14.5. The smallest absolute Gasteiger partial charge is 0.305 e. The van der Waals surface area contributed by atoms with E-state index in [0.29, 0.717) is 5.76 Å². The molecule has 0 bridgehead atoms. The second kappa shape index (κ2) is 8.67. The maximum atomic E-state index is 12.2. The van der Waals surface area contributed by atoms with Crippen LogP contribution >= 0.6 is 0 Å². The van der Waals surface area contributed by atoms with Crippen LogP contribution in [0.15, 0.2) is 83.5 Å². The fraction of sp³-hybridized carbons (Fsp3) is 0.0909. The van der Waals surface area contributed by atoms with Gasteiger partial charge in [0.2, 0.25) is 5.91 Å². The number of furan rings is 1. The molecule has 1 aromatic heterocycles. The van der Waals surface area contributed by atoms with Crippen molar-refractivity contribution in [1.82, 2.24) is 5.32 Å². The molecule has 5 heteroatoms. The van der Waals surface area contributed by atoms with Gasteiger partial charge in [-0.05, 0) is 34.9 Å². The molecule has 0 aliphatic carbocycles. The van der Waals surface area contributed by atoms with Crippen LogP contribution in [-0.4, -0.2) is 17.0 Å². The summed E-state index contributed by atoms with van der Waals surface area (Å²) in [5.41, 5.74) is 3.09. The van der Waals surface area contributed by atoms with Crippen molar-refractivity contribution >= 4 is 18.0 Å². The molecule has 0 saturated carbocycles. The van der Waals surface area contributed by atoms with Gasteiger partial charge in [0.1, 0.15) is 5.76 Å². The number of benzene rings is 2. The molecule has 1 amide bonds. The number of amides is 1. The maximum Gasteiger partial charge on any atom is 0.305 e. The van der Waals surface area contributed by atoms with E-state index in [1.54, 1.807) is 18.2 Å². The average Bonchev–Trinajstić information content (AvgIpc) is 3.21. The van der Waals surface area contributed by atoms with Gasteiger partial charge < -0.3 is 14.8 Å². The van der Waals surface area contributed by atoms with Gasteiger partial charge in [0, 0.05) is 6.08 Å². The third-order valence-corrected chi connectivity index (χ3v) is 4.03. The highest BCUT2D eigenvalue weighted by Gasteiger charge is 2.19. The summed E-state index contributed by atoms with van der Waals surface area (Å²) in [5, 5.41) is 11.7. The van der Waals surface area contributed by atoms with E-state index in [9.17, 15) is 9.59 Å². The van der Waals surface area contributed by atoms with Crippen molar-refractivity contribution in [3.05, 3.63) is 90.4 Å². The molecule has 0 aliphatic heterocycles. The van der Waals surface area contributed by atoms with Crippen molar-refractivity contribution in [1.29, 1.82) is 0 Å². The van der Waals surface area contributed by atoms with Crippen LogP contribution in [0.1, 0.15) is 23.8 Å². The van der Waals surface area contributed by atoms with E-state index in [-0.39, 0.29) is 12.3 Å². The SMILES string of the molecule is O=C(O)CC(NC(=O)/C=C/c1ccc(-c2ccccc2)cc1)c1ccco1. The first kappa shape index (κ1) is 18.2. The standard InChI is InChI=1S/C22H19NO4/c24-21(23-19(15-22(25)26)20-7-4-14-27-20)13-10-16-8-11-18(12-9-16)17-5-2-1-3-6-17/h1-14,19H,15H2,(H,23,24)(H,25,26)/b13-10+. The normalized spacial score (nSPS) is 12.0. The number of carboxylic acids is 1. The summed E-state index contributed by atoms with van der Waals surface area (Å²) in [6, 6.07) is 20.4. The molecule has 0 saturated heterocycles. The number of hydrogen-bond donors (Lipinski definition) is 2. The molecule has 2 N–H and O–H groups in total. The van der Waals surface area contributed by atoms with E-state index in [0.717, 1.165) is 16.7 Å². The van der Waals surface area contributed by atoms with Crippen molar-refractivity contribution in [2.75, 3.05) is 0 Å². The summed E-state index contributed by atoms with van der Waals surface area (Å²) in [7, 11) is 0. The van der Waals surface area contributed by atoms with Gasteiger partial charge in [0.25, 0.3) is 0 Å². The van der Waals surface area contributed by atoms with Gasteiger partial charge in [-0.2, -0.15) is 0 Å². The molecule has 0 radical (unpaired) electrons. The Hall–Kier alpha value is -3.60. The minimum Gasteiger partial charge on any atom is -0.481 e. The quantitative estimate of drug-likeness (QED) is 0.615. The van der Waals surface area contributed by atoms with Crippen molar-refractivity contribution < 1.29 is 19.1 Å². The summed E-state index contributed by atoms with van der Waals surface area (Å²) in [6.45, 7) is 0. The second-order valence-corrected chi connectivity index (χ2v) is 6.00. The Balaban J connectivity index is 1.64. The third kappa shape index (κ3) is 5.19.